The minimum atomic E-state index is -0.688. The van der Waals surface area contributed by atoms with Gasteiger partial charge in [0.1, 0.15) is 23.4 Å². The number of furan rings is 1. The molecule has 4 aromatic rings. The molecule has 0 saturated carbocycles. The van der Waals surface area contributed by atoms with Crippen molar-refractivity contribution < 1.29 is 13.9 Å². The molecule has 0 aliphatic carbocycles. The molecule has 0 spiro atoms. The van der Waals surface area contributed by atoms with Gasteiger partial charge in [0, 0.05) is 17.3 Å². The number of H-pyrrole nitrogens is 1. The number of rotatable bonds is 2. The third kappa shape index (κ3) is 2.45. The summed E-state index contributed by atoms with van der Waals surface area (Å²) in [4.78, 5) is 4.38. The lowest BCUT2D eigenvalue weighted by atomic mass is 9.96. The molecule has 2 N–H and O–H groups in total. The summed E-state index contributed by atoms with van der Waals surface area (Å²) in [6.07, 6.45) is 0. The molecule has 0 aliphatic heterocycles. The Hall–Kier alpha value is -3.18. The zero-order valence-corrected chi connectivity index (χ0v) is 14.9. The first-order valence-electron chi connectivity index (χ1n) is 7.53. The lowest BCUT2D eigenvalue weighted by molar-refractivity contribution is 0.469. The maximum Gasteiger partial charge on any atom is 0.182 e. The summed E-state index contributed by atoms with van der Waals surface area (Å²) < 4.78 is 20.6. The van der Waals surface area contributed by atoms with Gasteiger partial charge in [0.05, 0.1) is 22.2 Å². The minimum absolute atomic E-state index is 0.0915. The number of benzene rings is 1. The first-order valence-corrected chi connectivity index (χ1v) is 8.32. The number of nitrogens with zero attached hydrogens (tertiary/aromatic N) is 3. The fourth-order valence-corrected chi connectivity index (χ4v) is 3.20. The van der Waals surface area contributed by atoms with Crippen LogP contribution in [0.5, 0.6) is 5.75 Å². The molecule has 26 heavy (non-hydrogen) atoms. The van der Waals surface area contributed by atoms with E-state index in [0.717, 1.165) is 6.07 Å². The standard InChI is InChI=1S/C18H10BrFN4O2/c1-8-15-16(13-4-5-14(19)26-13)11(7-21)17(22-18(15)24-23-8)10-3-2-9(25)6-12(10)20/h2-6,25H,1H3,(H,22,23,24). The molecule has 4 rings (SSSR count). The molecule has 128 valence electrons. The highest BCUT2D eigenvalue weighted by Gasteiger charge is 2.24. The number of aromatic hydroxyl groups is 1. The predicted octanol–water partition coefficient (Wildman–Crippen LogP) is 4.67. The van der Waals surface area contributed by atoms with Crippen LogP contribution in [0.3, 0.4) is 0 Å². The van der Waals surface area contributed by atoms with E-state index in [1.165, 1.54) is 12.1 Å². The summed E-state index contributed by atoms with van der Waals surface area (Å²) in [6.45, 7) is 1.81. The first kappa shape index (κ1) is 16.3. The van der Waals surface area contributed by atoms with Gasteiger partial charge in [-0.05, 0) is 47.1 Å². The van der Waals surface area contributed by atoms with Crippen molar-refractivity contribution >= 4 is 27.0 Å². The van der Waals surface area contributed by atoms with Crippen LogP contribution in [0, 0.1) is 24.1 Å². The van der Waals surface area contributed by atoms with E-state index in [9.17, 15) is 14.8 Å². The Morgan fingerprint density at radius 2 is 2.12 bits per heavy atom. The van der Waals surface area contributed by atoms with Gasteiger partial charge in [0.2, 0.25) is 0 Å². The Bertz CT molecular complexity index is 1210. The Morgan fingerprint density at radius 3 is 2.77 bits per heavy atom. The summed E-state index contributed by atoms with van der Waals surface area (Å²) >= 11 is 3.26. The highest BCUT2D eigenvalue weighted by molar-refractivity contribution is 9.10. The summed E-state index contributed by atoms with van der Waals surface area (Å²) in [5, 5.41) is 26.9. The number of nitrogens with one attached hydrogen (secondary N) is 1. The Balaban J connectivity index is 2.15. The van der Waals surface area contributed by atoms with Gasteiger partial charge in [-0.2, -0.15) is 10.4 Å². The van der Waals surface area contributed by atoms with Gasteiger partial charge < -0.3 is 9.52 Å². The van der Waals surface area contributed by atoms with Crippen LogP contribution in [0.25, 0.3) is 33.6 Å². The van der Waals surface area contributed by atoms with Crippen molar-refractivity contribution in [3.05, 3.63) is 52.1 Å². The van der Waals surface area contributed by atoms with Crippen molar-refractivity contribution in [1.29, 1.82) is 5.26 Å². The molecule has 0 unspecified atom stereocenters. The second kappa shape index (κ2) is 5.97. The molecule has 0 atom stereocenters. The molecule has 6 nitrogen and oxygen atoms in total. The molecule has 0 bridgehead atoms. The van der Waals surface area contributed by atoms with Gasteiger partial charge in [0.15, 0.2) is 10.3 Å². The molecule has 8 heteroatoms. The monoisotopic (exact) mass is 412 g/mol. The number of pyridine rings is 1. The van der Waals surface area contributed by atoms with Crippen molar-refractivity contribution in [2.75, 3.05) is 0 Å². The van der Waals surface area contributed by atoms with Crippen LogP contribution in [0.2, 0.25) is 0 Å². The number of aromatic nitrogens is 3. The number of halogens is 2. The SMILES string of the molecule is Cc1[nH]nc2nc(-c3ccc(O)cc3F)c(C#N)c(-c3ccc(Br)o3)c12. The van der Waals surface area contributed by atoms with Gasteiger partial charge in [-0.25, -0.2) is 9.37 Å². The molecule has 1 aromatic carbocycles. The second-order valence-corrected chi connectivity index (χ2v) is 6.42. The normalized spacial score (nSPS) is 11.0. The summed E-state index contributed by atoms with van der Waals surface area (Å²) in [6, 6.07) is 9.22. The van der Waals surface area contributed by atoms with Crippen LogP contribution in [0.1, 0.15) is 11.3 Å². The molecule has 3 heterocycles. The summed E-state index contributed by atoms with van der Waals surface area (Å²) in [5.74, 6) is -0.463. The van der Waals surface area contributed by atoms with E-state index in [1.54, 1.807) is 19.1 Å². The third-order valence-corrected chi connectivity index (χ3v) is 4.45. The average Bonchev–Trinajstić information content (AvgIpc) is 3.19. The maximum atomic E-state index is 14.4. The van der Waals surface area contributed by atoms with E-state index in [2.05, 4.69) is 37.2 Å². The number of phenolic OH excluding ortho intramolecular Hbond substituents is 1. The molecule has 0 radical (unpaired) electrons. The number of aryl methyl sites for hydroxylation is 1. The highest BCUT2D eigenvalue weighted by Crippen LogP contribution is 2.39. The van der Waals surface area contributed by atoms with Crippen LogP contribution in [-0.4, -0.2) is 20.3 Å². The molecule has 0 aliphatic rings. The maximum absolute atomic E-state index is 14.4. The number of phenols is 1. The van der Waals surface area contributed by atoms with E-state index in [0.29, 0.717) is 32.7 Å². The fraction of sp³-hybridized carbons (Fsp3) is 0.0556. The van der Waals surface area contributed by atoms with Crippen molar-refractivity contribution in [2.24, 2.45) is 0 Å². The van der Waals surface area contributed by atoms with Gasteiger partial charge in [0.25, 0.3) is 0 Å². The van der Waals surface area contributed by atoms with E-state index in [-0.39, 0.29) is 22.6 Å². The largest absolute Gasteiger partial charge is 0.508 e. The van der Waals surface area contributed by atoms with Crippen molar-refractivity contribution in [1.82, 2.24) is 15.2 Å². The Morgan fingerprint density at radius 1 is 1.31 bits per heavy atom. The average molecular weight is 413 g/mol. The quantitative estimate of drug-likeness (QED) is 0.498. The summed E-state index contributed by atoms with van der Waals surface area (Å²) in [7, 11) is 0. The van der Waals surface area contributed by atoms with Crippen molar-refractivity contribution in [3.8, 4) is 34.4 Å². The Kier molecular flexibility index (Phi) is 3.74. The van der Waals surface area contributed by atoms with Crippen LogP contribution in [0.4, 0.5) is 4.39 Å². The molecule has 0 fully saturated rings. The number of nitriles is 1. The van der Waals surface area contributed by atoms with Gasteiger partial charge >= 0.3 is 0 Å². The zero-order chi connectivity index (χ0) is 18.4. The van der Waals surface area contributed by atoms with Crippen molar-refractivity contribution in [2.45, 2.75) is 6.92 Å². The number of aromatic amines is 1. The Labute approximate surface area is 155 Å². The van der Waals surface area contributed by atoms with E-state index in [1.807, 2.05) is 0 Å². The van der Waals surface area contributed by atoms with Gasteiger partial charge in [-0.1, -0.05) is 0 Å². The predicted molar refractivity (Wildman–Crippen MR) is 95.8 cm³/mol. The lowest BCUT2D eigenvalue weighted by Gasteiger charge is -2.10. The minimum Gasteiger partial charge on any atom is -0.508 e. The number of hydrogen-bond donors (Lipinski definition) is 2. The van der Waals surface area contributed by atoms with Crippen LogP contribution < -0.4 is 0 Å². The smallest absolute Gasteiger partial charge is 0.182 e. The molecule has 3 aromatic heterocycles. The van der Waals surface area contributed by atoms with Crippen LogP contribution in [-0.2, 0) is 0 Å². The lowest BCUT2D eigenvalue weighted by Crippen LogP contribution is -1.97. The first-order chi connectivity index (χ1) is 12.5. The van der Waals surface area contributed by atoms with Gasteiger partial charge in [-0.15, -0.1) is 0 Å². The molecular weight excluding hydrogens is 403 g/mol. The topological polar surface area (TPSA) is 98.7 Å². The summed E-state index contributed by atoms with van der Waals surface area (Å²) in [5.41, 5.74) is 1.92. The fourth-order valence-electron chi connectivity index (χ4n) is 2.90. The molecule has 0 amide bonds. The molecule has 0 saturated heterocycles. The van der Waals surface area contributed by atoms with Crippen LogP contribution in [0.15, 0.2) is 39.4 Å². The van der Waals surface area contributed by atoms with E-state index >= 15 is 0 Å². The highest BCUT2D eigenvalue weighted by atomic mass is 79.9. The van der Waals surface area contributed by atoms with Gasteiger partial charge in [-0.3, -0.25) is 5.10 Å². The zero-order valence-electron chi connectivity index (χ0n) is 13.3. The van der Waals surface area contributed by atoms with Crippen molar-refractivity contribution in [3.63, 3.8) is 0 Å². The van der Waals surface area contributed by atoms with E-state index in [4.69, 9.17) is 4.42 Å². The van der Waals surface area contributed by atoms with E-state index < -0.39 is 5.82 Å². The number of fused-ring (bicyclic) bond motifs is 1. The third-order valence-electron chi connectivity index (χ3n) is 4.02. The van der Waals surface area contributed by atoms with Crippen LogP contribution >= 0.6 is 15.9 Å². The second-order valence-electron chi connectivity index (χ2n) is 5.64. The molecular formula is C18H10BrFN4O2. The number of hydrogen-bond acceptors (Lipinski definition) is 5.